The second kappa shape index (κ2) is 6.81. The molecule has 0 spiro atoms. The van der Waals surface area contributed by atoms with Crippen molar-refractivity contribution >= 4 is 5.91 Å². The molecular formula is C20H25NO3. The number of hydrogen-bond donors (Lipinski definition) is 1. The molecule has 2 aromatic rings. The number of amides is 1. The van der Waals surface area contributed by atoms with E-state index in [-0.39, 0.29) is 23.5 Å². The van der Waals surface area contributed by atoms with Crippen molar-refractivity contribution in [3.63, 3.8) is 0 Å². The zero-order chi connectivity index (χ0) is 17.2. The highest BCUT2D eigenvalue weighted by atomic mass is 16.5. The molecular weight excluding hydrogens is 302 g/mol. The number of rotatable bonds is 5. The minimum atomic E-state index is -0.258. The first kappa shape index (κ1) is 16.8. The van der Waals surface area contributed by atoms with E-state index in [0.717, 1.165) is 17.7 Å². The van der Waals surface area contributed by atoms with Crippen molar-refractivity contribution in [2.24, 2.45) is 0 Å². The molecule has 0 aliphatic carbocycles. The third-order valence-electron chi connectivity index (χ3n) is 4.43. The number of carbonyl (C=O) groups is 1. The quantitative estimate of drug-likeness (QED) is 0.904. The molecule has 24 heavy (non-hydrogen) atoms. The summed E-state index contributed by atoms with van der Waals surface area (Å²) in [6.45, 7) is 7.08. The Kier molecular flexibility index (Phi) is 4.76. The maximum absolute atomic E-state index is 11.3. The topological polar surface area (TPSA) is 51.5 Å². The van der Waals surface area contributed by atoms with E-state index in [9.17, 15) is 4.79 Å². The van der Waals surface area contributed by atoms with Gasteiger partial charge in [0.1, 0.15) is 11.9 Å². The second-order valence-electron chi connectivity index (χ2n) is 7.40. The summed E-state index contributed by atoms with van der Waals surface area (Å²) in [5.74, 6) is 0.885. The van der Waals surface area contributed by atoms with Crippen LogP contribution in [0.1, 0.15) is 56.6 Å². The number of ether oxygens (including phenoxy) is 1. The molecule has 1 N–H and O–H groups in total. The average molecular weight is 327 g/mol. The normalized spacial score (nSPS) is 19.3. The molecule has 4 heteroatoms. The standard InChI is InChI=1S/C20H25NO3/c1-20(2,3)15-8-6-14(7-9-15)19(17-5-4-12-23-17)24-13-16-10-11-18(22)21-16/h4-9,12,16,19H,10-11,13H2,1-3H3,(H,21,22)/t16?,19-/m1/s1. The van der Waals surface area contributed by atoms with Gasteiger partial charge in [0.25, 0.3) is 0 Å². The van der Waals surface area contributed by atoms with Gasteiger partial charge in [-0.1, -0.05) is 45.0 Å². The van der Waals surface area contributed by atoms with E-state index in [1.54, 1.807) is 6.26 Å². The summed E-state index contributed by atoms with van der Waals surface area (Å²) in [6.07, 6.45) is 2.81. The molecule has 1 aliphatic heterocycles. The minimum absolute atomic E-state index is 0.0869. The largest absolute Gasteiger partial charge is 0.466 e. The van der Waals surface area contributed by atoms with Gasteiger partial charge in [0.15, 0.2) is 0 Å². The van der Waals surface area contributed by atoms with Crippen molar-refractivity contribution < 1.29 is 13.9 Å². The zero-order valence-corrected chi connectivity index (χ0v) is 14.5. The molecule has 1 unspecified atom stereocenters. The Morgan fingerprint density at radius 1 is 1.25 bits per heavy atom. The van der Waals surface area contributed by atoms with Crippen LogP contribution in [0.25, 0.3) is 0 Å². The van der Waals surface area contributed by atoms with Gasteiger partial charge >= 0.3 is 0 Å². The van der Waals surface area contributed by atoms with Crippen molar-refractivity contribution in [3.8, 4) is 0 Å². The first-order chi connectivity index (χ1) is 11.4. The van der Waals surface area contributed by atoms with Gasteiger partial charge in [-0.05, 0) is 35.1 Å². The van der Waals surface area contributed by atoms with Crippen molar-refractivity contribution in [2.45, 2.75) is 51.2 Å². The van der Waals surface area contributed by atoms with Crippen LogP contribution in [-0.4, -0.2) is 18.6 Å². The summed E-state index contributed by atoms with van der Waals surface area (Å²) in [5.41, 5.74) is 2.46. The lowest BCUT2D eigenvalue weighted by Crippen LogP contribution is -2.30. The van der Waals surface area contributed by atoms with Crippen molar-refractivity contribution in [1.29, 1.82) is 0 Å². The van der Waals surface area contributed by atoms with E-state index in [2.05, 4.69) is 50.4 Å². The van der Waals surface area contributed by atoms with Crippen LogP contribution in [0.4, 0.5) is 0 Å². The highest BCUT2D eigenvalue weighted by Crippen LogP contribution is 2.30. The molecule has 1 fully saturated rings. The van der Waals surface area contributed by atoms with E-state index >= 15 is 0 Å². The molecule has 0 saturated carbocycles. The third-order valence-corrected chi connectivity index (χ3v) is 4.43. The van der Waals surface area contributed by atoms with Gasteiger partial charge in [-0.25, -0.2) is 0 Å². The predicted octanol–water partition coefficient (Wildman–Crippen LogP) is 3.96. The fourth-order valence-electron chi connectivity index (χ4n) is 2.96. The van der Waals surface area contributed by atoms with Crippen LogP contribution < -0.4 is 5.32 Å². The fraction of sp³-hybridized carbons (Fsp3) is 0.450. The van der Waals surface area contributed by atoms with Crippen molar-refractivity contribution in [2.75, 3.05) is 6.61 Å². The highest BCUT2D eigenvalue weighted by Gasteiger charge is 2.25. The summed E-state index contributed by atoms with van der Waals surface area (Å²) < 4.78 is 11.7. The van der Waals surface area contributed by atoms with Crippen molar-refractivity contribution in [3.05, 3.63) is 59.5 Å². The molecule has 0 bridgehead atoms. The van der Waals surface area contributed by atoms with E-state index in [4.69, 9.17) is 9.15 Å². The van der Waals surface area contributed by atoms with Gasteiger partial charge in [-0.2, -0.15) is 0 Å². The van der Waals surface area contributed by atoms with E-state index in [0.29, 0.717) is 13.0 Å². The van der Waals surface area contributed by atoms with Crippen LogP contribution in [0.3, 0.4) is 0 Å². The summed E-state index contributed by atoms with van der Waals surface area (Å²) in [4.78, 5) is 11.3. The Bertz CT molecular complexity index is 668. The molecule has 1 amide bonds. The lowest BCUT2D eigenvalue weighted by Gasteiger charge is -2.22. The van der Waals surface area contributed by atoms with Crippen LogP contribution in [0.5, 0.6) is 0 Å². The van der Waals surface area contributed by atoms with Crippen LogP contribution in [0.2, 0.25) is 0 Å². The molecule has 2 atom stereocenters. The molecule has 2 heterocycles. The van der Waals surface area contributed by atoms with Gasteiger partial charge in [-0.15, -0.1) is 0 Å². The van der Waals surface area contributed by atoms with Crippen LogP contribution in [-0.2, 0) is 14.9 Å². The molecule has 4 nitrogen and oxygen atoms in total. The van der Waals surface area contributed by atoms with Gasteiger partial charge in [0.05, 0.1) is 18.9 Å². The number of benzene rings is 1. The van der Waals surface area contributed by atoms with Gasteiger partial charge in [0.2, 0.25) is 5.91 Å². The van der Waals surface area contributed by atoms with Gasteiger partial charge < -0.3 is 14.5 Å². The minimum Gasteiger partial charge on any atom is -0.466 e. The Labute approximate surface area is 143 Å². The summed E-state index contributed by atoms with van der Waals surface area (Å²) >= 11 is 0. The Morgan fingerprint density at radius 2 is 2.00 bits per heavy atom. The van der Waals surface area contributed by atoms with E-state index < -0.39 is 0 Å². The molecule has 1 saturated heterocycles. The van der Waals surface area contributed by atoms with Gasteiger partial charge in [0, 0.05) is 6.42 Å². The lowest BCUT2D eigenvalue weighted by atomic mass is 9.86. The van der Waals surface area contributed by atoms with Gasteiger partial charge in [-0.3, -0.25) is 4.79 Å². The average Bonchev–Trinajstić information content (AvgIpc) is 3.19. The highest BCUT2D eigenvalue weighted by molar-refractivity contribution is 5.78. The monoisotopic (exact) mass is 327 g/mol. The number of nitrogens with one attached hydrogen (secondary N) is 1. The van der Waals surface area contributed by atoms with Crippen molar-refractivity contribution in [1.82, 2.24) is 5.32 Å². The van der Waals surface area contributed by atoms with Crippen LogP contribution in [0, 0.1) is 0 Å². The molecule has 1 aromatic heterocycles. The Morgan fingerprint density at radius 3 is 2.54 bits per heavy atom. The molecule has 1 aliphatic rings. The Balaban J connectivity index is 1.76. The van der Waals surface area contributed by atoms with Crippen LogP contribution in [0.15, 0.2) is 47.1 Å². The number of furan rings is 1. The lowest BCUT2D eigenvalue weighted by molar-refractivity contribution is -0.119. The summed E-state index contributed by atoms with van der Waals surface area (Å²) in [5, 5.41) is 2.94. The predicted molar refractivity (Wildman–Crippen MR) is 92.8 cm³/mol. The SMILES string of the molecule is CC(C)(C)c1ccc([C@@H](OCC2CCC(=O)N2)c2ccco2)cc1. The maximum atomic E-state index is 11.3. The van der Waals surface area contributed by atoms with E-state index in [1.165, 1.54) is 5.56 Å². The molecule has 1 aromatic carbocycles. The summed E-state index contributed by atoms with van der Waals surface area (Å²) in [7, 11) is 0. The number of hydrogen-bond acceptors (Lipinski definition) is 3. The molecule has 0 radical (unpaired) electrons. The first-order valence-electron chi connectivity index (χ1n) is 8.48. The fourth-order valence-corrected chi connectivity index (χ4v) is 2.96. The molecule has 3 rings (SSSR count). The molecule has 128 valence electrons. The first-order valence-corrected chi connectivity index (χ1v) is 8.48. The maximum Gasteiger partial charge on any atom is 0.220 e. The third kappa shape index (κ3) is 3.88. The van der Waals surface area contributed by atoms with Crippen LogP contribution >= 0.6 is 0 Å². The smallest absolute Gasteiger partial charge is 0.220 e. The second-order valence-corrected chi connectivity index (χ2v) is 7.40. The number of carbonyl (C=O) groups excluding carboxylic acids is 1. The van der Waals surface area contributed by atoms with E-state index in [1.807, 2.05) is 12.1 Å². The zero-order valence-electron chi connectivity index (χ0n) is 14.5. The Hall–Kier alpha value is -2.07. The summed E-state index contributed by atoms with van der Waals surface area (Å²) in [6, 6.07) is 12.4.